The number of benzene rings is 2. The molecule has 2 aromatic carbocycles. The minimum Gasteiger partial charge on any atom is -0.481 e. The highest BCUT2D eigenvalue weighted by atomic mass is 79.9. The van der Waals surface area contributed by atoms with E-state index in [1.54, 1.807) is 54.6 Å². The number of hydrogen-bond donors (Lipinski definition) is 2. The van der Waals surface area contributed by atoms with Gasteiger partial charge in [-0.1, -0.05) is 70.0 Å². The summed E-state index contributed by atoms with van der Waals surface area (Å²) in [7, 11) is 0. The van der Waals surface area contributed by atoms with E-state index in [1.165, 1.54) is 12.3 Å². The van der Waals surface area contributed by atoms with Crippen LogP contribution >= 0.6 is 27.5 Å². The van der Waals surface area contributed by atoms with Gasteiger partial charge in [0.15, 0.2) is 17.0 Å². The Morgan fingerprint density at radius 3 is 2.45 bits per heavy atom. The Morgan fingerprint density at radius 1 is 1.13 bits per heavy atom. The molecule has 2 heterocycles. The van der Waals surface area contributed by atoms with E-state index in [2.05, 4.69) is 20.9 Å². The summed E-state index contributed by atoms with van der Waals surface area (Å²) in [6, 6.07) is 17.1. The maximum atomic E-state index is 13.6. The molecule has 0 bridgehead atoms. The molecule has 1 aliphatic heterocycles. The summed E-state index contributed by atoms with van der Waals surface area (Å²) in [6.45, 7) is 0. The maximum Gasteiger partial charge on any atom is 0.314 e. The molecular weight excluding hydrogens is 486 g/mol. The molecule has 1 fully saturated rings. The number of fused-ring (bicyclic) bond motifs is 3. The molecule has 3 aromatic rings. The molecule has 2 aliphatic rings. The monoisotopic (exact) mass is 499 g/mol. The summed E-state index contributed by atoms with van der Waals surface area (Å²) < 4.78 is 7.16. The van der Waals surface area contributed by atoms with Crippen molar-refractivity contribution in [3.63, 3.8) is 0 Å². The van der Waals surface area contributed by atoms with Gasteiger partial charge in [-0.25, -0.2) is 4.98 Å². The van der Waals surface area contributed by atoms with Crippen molar-refractivity contribution in [1.82, 2.24) is 4.98 Å². The van der Waals surface area contributed by atoms with Crippen molar-refractivity contribution in [3.8, 4) is 5.75 Å². The third-order valence-corrected chi connectivity index (χ3v) is 6.87. The van der Waals surface area contributed by atoms with Gasteiger partial charge in [-0.15, -0.1) is 0 Å². The van der Waals surface area contributed by atoms with E-state index in [0.717, 1.165) is 4.47 Å². The summed E-state index contributed by atoms with van der Waals surface area (Å²) >= 11 is 9.44. The molecule has 0 radical (unpaired) electrons. The lowest BCUT2D eigenvalue weighted by molar-refractivity contribution is -0.154. The number of carboxylic acids is 1. The van der Waals surface area contributed by atoms with Crippen LogP contribution in [0.2, 0.25) is 5.15 Å². The molecule has 1 aliphatic carbocycles. The predicted molar refractivity (Wildman–Crippen MR) is 115 cm³/mol. The van der Waals surface area contributed by atoms with Gasteiger partial charge >= 0.3 is 5.97 Å². The Balaban J connectivity index is 1.88. The summed E-state index contributed by atoms with van der Waals surface area (Å²) in [5, 5.41) is 22.2. The predicted octanol–water partition coefficient (Wildman–Crippen LogP) is 4.04. The van der Waals surface area contributed by atoms with Gasteiger partial charge < -0.3 is 14.9 Å². The summed E-state index contributed by atoms with van der Waals surface area (Å²) in [5.41, 5.74) is -2.85. The van der Waals surface area contributed by atoms with Gasteiger partial charge in [-0.05, 0) is 23.3 Å². The van der Waals surface area contributed by atoms with Crippen molar-refractivity contribution in [3.05, 3.63) is 93.2 Å². The first-order valence-electron chi connectivity index (χ1n) is 9.46. The van der Waals surface area contributed by atoms with Crippen LogP contribution in [-0.2, 0) is 20.8 Å². The Kier molecular flexibility index (Phi) is 4.48. The smallest absolute Gasteiger partial charge is 0.314 e. The van der Waals surface area contributed by atoms with E-state index in [0.29, 0.717) is 11.1 Å². The van der Waals surface area contributed by atoms with Gasteiger partial charge in [0.1, 0.15) is 16.8 Å². The number of pyridine rings is 1. The fraction of sp³-hybridized carbons (Fsp3) is 0.174. The Bertz CT molecular complexity index is 1220. The van der Waals surface area contributed by atoms with Crippen molar-refractivity contribution in [2.75, 3.05) is 0 Å². The van der Waals surface area contributed by atoms with Crippen molar-refractivity contribution >= 4 is 39.3 Å². The minimum absolute atomic E-state index is 0.106. The second-order valence-electron chi connectivity index (χ2n) is 7.63. The van der Waals surface area contributed by atoms with Crippen molar-refractivity contribution in [1.29, 1.82) is 0 Å². The topological polar surface area (TPSA) is 96.7 Å². The van der Waals surface area contributed by atoms with Crippen LogP contribution in [0, 0.1) is 5.92 Å². The summed E-state index contributed by atoms with van der Waals surface area (Å²) in [6.07, 6.45) is 1.28. The van der Waals surface area contributed by atoms with Gasteiger partial charge in [0.05, 0.1) is 11.5 Å². The van der Waals surface area contributed by atoms with Crippen LogP contribution in [0.3, 0.4) is 0 Å². The number of halogens is 2. The zero-order chi connectivity index (χ0) is 22.0. The Hall–Kier alpha value is -2.74. The van der Waals surface area contributed by atoms with Crippen LogP contribution in [-0.4, -0.2) is 26.9 Å². The quantitative estimate of drug-likeness (QED) is 0.416. The van der Waals surface area contributed by atoms with Crippen LogP contribution in [0.25, 0.3) is 0 Å². The van der Waals surface area contributed by atoms with Crippen LogP contribution in [0.15, 0.2) is 71.3 Å². The lowest BCUT2D eigenvalue weighted by Crippen LogP contribution is -2.50. The molecular formula is C23H15BrClNO5. The van der Waals surface area contributed by atoms with Gasteiger partial charge in [0.2, 0.25) is 0 Å². The molecule has 31 heavy (non-hydrogen) atoms. The highest BCUT2D eigenvalue weighted by molar-refractivity contribution is 9.10. The molecule has 5 rings (SSSR count). The number of carbonyl (C=O) groups excluding carboxylic acids is 1. The Labute approximate surface area is 190 Å². The lowest BCUT2D eigenvalue weighted by atomic mass is 9.71. The number of carboxylic acid groups (broad SMARTS) is 1. The number of ketones is 1. The molecule has 2 N–H and O–H groups in total. The molecule has 0 saturated heterocycles. The number of aliphatic carboxylic acids is 1. The van der Waals surface area contributed by atoms with Crippen molar-refractivity contribution in [2.24, 2.45) is 5.92 Å². The van der Waals surface area contributed by atoms with Crippen LogP contribution in [0.5, 0.6) is 5.75 Å². The number of hydrogen-bond acceptors (Lipinski definition) is 5. The number of aromatic nitrogens is 1. The lowest BCUT2D eigenvalue weighted by Gasteiger charge is -2.39. The average molecular weight is 501 g/mol. The highest BCUT2D eigenvalue weighted by Gasteiger charge is 2.78. The molecule has 0 unspecified atom stereocenters. The molecule has 4 atom stereocenters. The third-order valence-electron chi connectivity index (χ3n) is 6.14. The largest absolute Gasteiger partial charge is 0.481 e. The van der Waals surface area contributed by atoms with E-state index in [1.807, 2.05) is 0 Å². The fourth-order valence-electron chi connectivity index (χ4n) is 4.92. The van der Waals surface area contributed by atoms with E-state index < -0.39 is 34.8 Å². The number of carbonyl (C=O) groups is 2. The molecule has 0 amide bonds. The fourth-order valence-corrected chi connectivity index (χ4v) is 5.33. The highest BCUT2D eigenvalue weighted by Crippen LogP contribution is 2.66. The van der Waals surface area contributed by atoms with E-state index in [4.69, 9.17) is 16.3 Å². The first kappa shape index (κ1) is 20.2. The number of ether oxygens (including phenoxy) is 1. The van der Waals surface area contributed by atoms with Crippen LogP contribution < -0.4 is 4.74 Å². The first-order chi connectivity index (χ1) is 14.8. The second-order valence-corrected chi connectivity index (χ2v) is 8.93. The zero-order valence-corrected chi connectivity index (χ0v) is 18.2. The summed E-state index contributed by atoms with van der Waals surface area (Å²) in [4.78, 5) is 30.0. The van der Waals surface area contributed by atoms with E-state index in [-0.39, 0.29) is 16.5 Å². The first-order valence-corrected chi connectivity index (χ1v) is 10.6. The zero-order valence-electron chi connectivity index (χ0n) is 15.8. The van der Waals surface area contributed by atoms with Crippen LogP contribution in [0.1, 0.15) is 22.6 Å². The SMILES string of the molecule is O=C(O)[C@H]1C(=O)[C@@]2(O)c3cnc(Cl)cc3O[C@@]2(c2ccc(Br)cc2)[C@@H]1c1ccccc1. The van der Waals surface area contributed by atoms with Crippen LogP contribution in [0.4, 0.5) is 0 Å². The van der Waals surface area contributed by atoms with Gasteiger partial charge in [0, 0.05) is 16.7 Å². The number of rotatable bonds is 3. The Morgan fingerprint density at radius 2 is 1.81 bits per heavy atom. The molecule has 8 heteroatoms. The second kappa shape index (κ2) is 6.88. The standard InChI is InChI=1S/C23H15BrClNO5/c24-14-8-6-13(7-9-14)23-19(12-4-2-1-3-5-12)18(21(28)29)20(27)22(23,30)15-11-26-17(25)10-16(15)31-23/h1-11,18-19,30H,(H,28,29)/t18-,19-,22+,23+/m1/s1. The van der Waals surface area contributed by atoms with Gasteiger partial charge in [-0.3, -0.25) is 9.59 Å². The third kappa shape index (κ3) is 2.57. The normalized spacial score (nSPS) is 28.7. The number of aliphatic hydroxyl groups is 1. The average Bonchev–Trinajstić information content (AvgIpc) is 3.12. The van der Waals surface area contributed by atoms with E-state index >= 15 is 0 Å². The van der Waals surface area contributed by atoms with Gasteiger partial charge in [-0.2, -0.15) is 0 Å². The summed E-state index contributed by atoms with van der Waals surface area (Å²) in [5.74, 6) is -4.51. The number of Topliss-reactive ketones (excluding diaryl/α,β-unsaturated/α-hetero) is 1. The molecule has 1 aromatic heterocycles. The van der Waals surface area contributed by atoms with E-state index in [9.17, 15) is 19.8 Å². The van der Waals surface area contributed by atoms with Crippen molar-refractivity contribution in [2.45, 2.75) is 17.1 Å². The molecule has 156 valence electrons. The minimum atomic E-state index is -2.27. The molecule has 0 spiro atoms. The number of nitrogens with zero attached hydrogens (tertiary/aromatic N) is 1. The van der Waals surface area contributed by atoms with Gasteiger partial charge in [0.25, 0.3) is 0 Å². The maximum absolute atomic E-state index is 13.6. The molecule has 6 nitrogen and oxygen atoms in total. The molecule has 1 saturated carbocycles. The van der Waals surface area contributed by atoms with Crippen molar-refractivity contribution < 1.29 is 24.5 Å².